The summed E-state index contributed by atoms with van der Waals surface area (Å²) in [5.41, 5.74) is 0. The van der Waals surface area contributed by atoms with E-state index >= 15 is 0 Å². The van der Waals surface area contributed by atoms with E-state index in [2.05, 4.69) is 10.2 Å². The molecule has 2 N–H and O–H groups in total. The highest BCUT2D eigenvalue weighted by molar-refractivity contribution is 7.99. The maximum atomic E-state index is 11.2. The van der Waals surface area contributed by atoms with Crippen molar-refractivity contribution < 1.29 is 9.53 Å². The molecule has 0 fully saturated rings. The lowest BCUT2D eigenvalue weighted by Gasteiger charge is -2.02. The van der Waals surface area contributed by atoms with E-state index in [-0.39, 0.29) is 11.7 Å². The Morgan fingerprint density at radius 3 is 3.13 bits per heavy atom. The largest absolute Gasteiger partial charge is 0.465 e. The van der Waals surface area contributed by atoms with Crippen molar-refractivity contribution in [2.45, 2.75) is 24.9 Å². The number of carbonyl (C=O) groups excluding carboxylic acids is 1. The molecule has 15 heavy (non-hydrogen) atoms. The van der Waals surface area contributed by atoms with Crippen molar-refractivity contribution in [3.8, 4) is 0 Å². The van der Waals surface area contributed by atoms with Crippen LogP contribution in [0.25, 0.3) is 0 Å². The first-order chi connectivity index (χ1) is 7.24. The highest BCUT2D eigenvalue weighted by Gasteiger charge is 2.07. The minimum atomic E-state index is -0.253. The van der Waals surface area contributed by atoms with Crippen molar-refractivity contribution >= 4 is 17.7 Å². The molecule has 0 saturated heterocycles. The number of hydrogen-bond donors (Lipinski definition) is 1. The molecule has 0 aliphatic heterocycles. The van der Waals surface area contributed by atoms with Crippen molar-refractivity contribution in [1.29, 1.82) is 0 Å². The van der Waals surface area contributed by atoms with Gasteiger partial charge in [-0.1, -0.05) is 25.1 Å². The number of rotatable bonds is 6. The van der Waals surface area contributed by atoms with Gasteiger partial charge in [0.15, 0.2) is 0 Å². The van der Waals surface area contributed by atoms with Crippen LogP contribution in [-0.4, -0.2) is 33.2 Å². The second-order valence-electron chi connectivity index (χ2n) is 2.88. The lowest BCUT2D eigenvalue weighted by Crippen LogP contribution is -2.11. The lowest BCUT2D eigenvalue weighted by atomic mass is 10.4. The Balaban J connectivity index is 2.20. The molecule has 1 aromatic rings. The maximum absolute atomic E-state index is 11.2. The number of hydrogen-bond acceptors (Lipinski definition) is 6. The predicted molar refractivity (Wildman–Crippen MR) is 56.8 cm³/mol. The summed E-state index contributed by atoms with van der Waals surface area (Å²) >= 11 is 1.21. The average molecular weight is 230 g/mol. The zero-order valence-corrected chi connectivity index (χ0v) is 9.37. The summed E-state index contributed by atoms with van der Waals surface area (Å²) in [6.07, 6.45) is 3.28. The predicted octanol–water partition coefficient (Wildman–Crippen LogP) is 0.427. The van der Waals surface area contributed by atoms with Gasteiger partial charge in [-0.15, -0.1) is 10.2 Å². The number of aromatic nitrogens is 3. The van der Waals surface area contributed by atoms with Crippen LogP contribution in [0.5, 0.6) is 0 Å². The van der Waals surface area contributed by atoms with E-state index in [9.17, 15) is 4.79 Å². The van der Waals surface area contributed by atoms with Gasteiger partial charge in [-0.3, -0.25) is 4.79 Å². The summed E-state index contributed by atoms with van der Waals surface area (Å²) in [6.45, 7) is 2.52. The summed E-state index contributed by atoms with van der Waals surface area (Å²) in [4.78, 5) is 11.2. The van der Waals surface area contributed by atoms with Gasteiger partial charge in [0.25, 0.3) is 0 Å². The zero-order valence-electron chi connectivity index (χ0n) is 8.55. The summed E-state index contributed by atoms with van der Waals surface area (Å²) in [5, 5.41) is 7.82. The highest BCUT2D eigenvalue weighted by Crippen LogP contribution is 2.12. The van der Waals surface area contributed by atoms with Crippen molar-refractivity contribution in [1.82, 2.24) is 14.9 Å². The second-order valence-corrected chi connectivity index (χ2v) is 3.83. The van der Waals surface area contributed by atoms with E-state index < -0.39 is 0 Å². The fourth-order valence-corrected chi connectivity index (χ4v) is 1.46. The number of ether oxygens (including phenoxy) is 1. The standard InChI is InChI=1S/C8H14N4O2S/c1-2-3-4-14-7(13)5-15-8-11-10-6-12(8)9/h6H,2-5,9H2,1H3. The third-order valence-electron chi connectivity index (χ3n) is 1.62. The van der Waals surface area contributed by atoms with Crippen molar-refractivity contribution in [3.05, 3.63) is 6.33 Å². The minimum Gasteiger partial charge on any atom is -0.465 e. The number of esters is 1. The van der Waals surface area contributed by atoms with Crippen molar-refractivity contribution in [2.75, 3.05) is 18.2 Å². The topological polar surface area (TPSA) is 83.0 Å². The number of thioether (sulfide) groups is 1. The molecule has 7 heteroatoms. The van der Waals surface area contributed by atoms with Crippen LogP contribution in [0.1, 0.15) is 19.8 Å². The van der Waals surface area contributed by atoms with Crippen LogP contribution in [-0.2, 0) is 9.53 Å². The molecule has 0 radical (unpaired) electrons. The summed E-state index contributed by atoms with van der Waals surface area (Å²) < 4.78 is 6.23. The van der Waals surface area contributed by atoms with Crippen molar-refractivity contribution in [3.63, 3.8) is 0 Å². The molecule has 0 aliphatic carbocycles. The van der Waals surface area contributed by atoms with Gasteiger partial charge in [-0.05, 0) is 6.42 Å². The Hall–Kier alpha value is -1.24. The molecule has 0 aliphatic rings. The van der Waals surface area contributed by atoms with Crippen LogP contribution < -0.4 is 5.84 Å². The first-order valence-electron chi connectivity index (χ1n) is 4.67. The van der Waals surface area contributed by atoms with Crippen LogP contribution >= 0.6 is 11.8 Å². The number of nitrogens with zero attached hydrogens (tertiary/aromatic N) is 3. The molecule has 0 bridgehead atoms. The summed E-state index contributed by atoms with van der Waals surface area (Å²) in [5.74, 6) is 5.42. The quantitative estimate of drug-likeness (QED) is 0.330. The highest BCUT2D eigenvalue weighted by atomic mass is 32.2. The molecular formula is C8H14N4O2S. The normalized spacial score (nSPS) is 10.2. The van der Waals surface area contributed by atoms with Gasteiger partial charge >= 0.3 is 5.97 Å². The summed E-state index contributed by atoms with van der Waals surface area (Å²) in [7, 11) is 0. The molecule has 1 rings (SSSR count). The zero-order chi connectivity index (χ0) is 11.1. The van der Waals surface area contributed by atoms with Crippen LogP contribution in [0.3, 0.4) is 0 Å². The van der Waals surface area contributed by atoms with E-state index in [1.54, 1.807) is 0 Å². The number of nitrogen functional groups attached to an aromatic ring is 1. The molecular weight excluding hydrogens is 216 g/mol. The van der Waals surface area contributed by atoms with Gasteiger partial charge < -0.3 is 10.6 Å². The molecule has 0 spiro atoms. The average Bonchev–Trinajstić information content (AvgIpc) is 2.61. The summed E-state index contributed by atoms with van der Waals surface area (Å²) in [6, 6.07) is 0. The van der Waals surface area contributed by atoms with Crippen LogP contribution in [0.2, 0.25) is 0 Å². The van der Waals surface area contributed by atoms with Gasteiger partial charge in [0.05, 0.1) is 12.4 Å². The Morgan fingerprint density at radius 2 is 2.53 bits per heavy atom. The van der Waals surface area contributed by atoms with Gasteiger partial charge in [-0.2, -0.15) is 0 Å². The van der Waals surface area contributed by atoms with Crippen LogP contribution in [0.4, 0.5) is 0 Å². The molecule has 6 nitrogen and oxygen atoms in total. The molecule has 0 saturated carbocycles. The first-order valence-corrected chi connectivity index (χ1v) is 5.66. The smallest absolute Gasteiger partial charge is 0.316 e. The van der Waals surface area contributed by atoms with E-state index in [0.717, 1.165) is 12.8 Å². The second kappa shape index (κ2) is 6.28. The Morgan fingerprint density at radius 1 is 1.73 bits per heavy atom. The van der Waals surface area contributed by atoms with Crippen molar-refractivity contribution in [2.24, 2.45) is 0 Å². The van der Waals surface area contributed by atoms with Gasteiger partial charge in [0.2, 0.25) is 5.16 Å². The number of unbranched alkanes of at least 4 members (excludes halogenated alkanes) is 1. The monoisotopic (exact) mass is 230 g/mol. The first kappa shape index (κ1) is 11.8. The van der Waals surface area contributed by atoms with E-state index in [4.69, 9.17) is 10.6 Å². The fourth-order valence-electron chi connectivity index (χ4n) is 0.831. The number of carbonyl (C=O) groups is 1. The van der Waals surface area contributed by atoms with Gasteiger partial charge in [-0.25, -0.2) is 4.68 Å². The van der Waals surface area contributed by atoms with Crippen LogP contribution in [0.15, 0.2) is 11.5 Å². The van der Waals surface area contributed by atoms with E-state index in [0.29, 0.717) is 11.8 Å². The Labute approximate surface area is 92.2 Å². The van der Waals surface area contributed by atoms with E-state index in [1.807, 2.05) is 6.92 Å². The minimum absolute atomic E-state index is 0.208. The third-order valence-corrected chi connectivity index (χ3v) is 2.55. The molecule has 0 amide bonds. The van der Waals surface area contributed by atoms with Gasteiger partial charge in [0, 0.05) is 0 Å². The SMILES string of the molecule is CCCCOC(=O)CSc1nncn1N. The lowest BCUT2D eigenvalue weighted by molar-refractivity contribution is -0.140. The third kappa shape index (κ3) is 4.20. The Kier molecular flexibility index (Phi) is 4.96. The molecule has 0 aromatic carbocycles. The molecule has 1 heterocycles. The number of nitrogens with two attached hydrogens (primary N) is 1. The fraction of sp³-hybridized carbons (Fsp3) is 0.625. The van der Waals surface area contributed by atoms with E-state index in [1.165, 1.54) is 22.8 Å². The van der Waals surface area contributed by atoms with Gasteiger partial charge in [0.1, 0.15) is 6.33 Å². The maximum Gasteiger partial charge on any atom is 0.316 e. The molecule has 0 atom stereocenters. The molecule has 1 aromatic heterocycles. The molecule has 0 unspecified atom stereocenters. The van der Waals surface area contributed by atoms with Crippen LogP contribution in [0, 0.1) is 0 Å². The Bertz CT molecular complexity index is 315. The molecule has 84 valence electrons.